The third-order valence-corrected chi connectivity index (χ3v) is 3.15. The first-order valence-corrected chi connectivity index (χ1v) is 7.10. The smallest absolute Gasteiger partial charge is 0.329 e. The summed E-state index contributed by atoms with van der Waals surface area (Å²) in [6, 6.07) is 10.6. The quantitative estimate of drug-likeness (QED) is 0.451. The van der Waals surface area contributed by atoms with E-state index < -0.39 is 11.8 Å². The van der Waals surface area contributed by atoms with Crippen molar-refractivity contribution < 1.29 is 14.7 Å². The van der Waals surface area contributed by atoms with E-state index in [1.165, 1.54) is 24.4 Å². The molecule has 0 aliphatic carbocycles. The number of phenolic OH excluding ortho intramolecular Hbond substituents is 1. The van der Waals surface area contributed by atoms with Gasteiger partial charge in [-0.1, -0.05) is 23.2 Å². The highest BCUT2D eigenvalue weighted by Crippen LogP contribution is 2.19. The minimum Gasteiger partial charge on any atom is -0.507 e. The number of carbonyl (C=O) groups is 2. The van der Waals surface area contributed by atoms with Gasteiger partial charge in [0.15, 0.2) is 0 Å². The largest absolute Gasteiger partial charge is 0.507 e. The number of amides is 2. The highest BCUT2D eigenvalue weighted by atomic mass is 35.5. The van der Waals surface area contributed by atoms with Crippen molar-refractivity contribution in [2.75, 3.05) is 5.32 Å². The molecule has 23 heavy (non-hydrogen) atoms. The molecule has 0 heterocycles. The van der Waals surface area contributed by atoms with Crippen LogP contribution >= 0.6 is 23.2 Å². The van der Waals surface area contributed by atoms with Gasteiger partial charge in [-0.2, -0.15) is 5.10 Å². The lowest BCUT2D eigenvalue weighted by Crippen LogP contribution is -2.32. The lowest BCUT2D eigenvalue weighted by molar-refractivity contribution is -0.136. The Morgan fingerprint density at radius 2 is 1.65 bits per heavy atom. The molecule has 0 radical (unpaired) electrons. The third kappa shape index (κ3) is 4.98. The minimum atomic E-state index is -0.960. The normalized spacial score (nSPS) is 10.5. The average molecular weight is 352 g/mol. The second kappa shape index (κ2) is 7.62. The Labute approximate surface area is 141 Å². The zero-order valence-electron chi connectivity index (χ0n) is 11.6. The summed E-state index contributed by atoms with van der Waals surface area (Å²) < 4.78 is 0. The van der Waals surface area contributed by atoms with Crippen LogP contribution in [-0.4, -0.2) is 23.1 Å². The molecule has 0 atom stereocenters. The average Bonchev–Trinajstić information content (AvgIpc) is 2.52. The number of rotatable bonds is 3. The van der Waals surface area contributed by atoms with Crippen LogP contribution in [0.15, 0.2) is 47.6 Å². The molecule has 0 aromatic heterocycles. The standard InChI is InChI=1S/C15H11Cl2N3O3/c16-10-1-4-12(5-2-10)19-14(22)15(23)20-18-8-9-7-11(17)3-6-13(9)21/h1-8,21H,(H,19,22)(H,20,23). The Balaban J connectivity index is 1.93. The molecular formula is C15H11Cl2N3O3. The first kappa shape index (κ1) is 16.8. The van der Waals surface area contributed by atoms with Gasteiger partial charge >= 0.3 is 11.8 Å². The van der Waals surface area contributed by atoms with Crippen LogP contribution in [0.3, 0.4) is 0 Å². The molecule has 0 unspecified atom stereocenters. The fraction of sp³-hybridized carbons (Fsp3) is 0. The Bertz CT molecular complexity index is 761. The molecule has 2 aromatic carbocycles. The van der Waals surface area contributed by atoms with Crippen molar-refractivity contribution in [1.82, 2.24) is 5.43 Å². The molecule has 0 saturated heterocycles. The molecule has 0 bridgehead atoms. The van der Waals surface area contributed by atoms with Crippen LogP contribution in [0.25, 0.3) is 0 Å². The number of hydrogen-bond acceptors (Lipinski definition) is 4. The second-order valence-corrected chi connectivity index (χ2v) is 5.24. The molecule has 0 aliphatic rings. The highest BCUT2D eigenvalue weighted by Gasteiger charge is 2.12. The lowest BCUT2D eigenvalue weighted by Gasteiger charge is -2.04. The number of nitrogens with one attached hydrogen (secondary N) is 2. The van der Waals surface area contributed by atoms with E-state index in [2.05, 4.69) is 10.4 Å². The van der Waals surface area contributed by atoms with E-state index in [1.54, 1.807) is 24.3 Å². The van der Waals surface area contributed by atoms with E-state index in [4.69, 9.17) is 23.2 Å². The predicted octanol–water partition coefficient (Wildman–Crippen LogP) is 2.79. The van der Waals surface area contributed by atoms with Crippen molar-refractivity contribution in [2.24, 2.45) is 5.10 Å². The van der Waals surface area contributed by atoms with Crippen LogP contribution in [0.2, 0.25) is 10.0 Å². The van der Waals surface area contributed by atoms with Gasteiger partial charge in [-0.25, -0.2) is 5.43 Å². The van der Waals surface area contributed by atoms with E-state index in [9.17, 15) is 14.7 Å². The molecule has 118 valence electrons. The molecule has 2 aromatic rings. The van der Waals surface area contributed by atoms with Crippen molar-refractivity contribution in [1.29, 1.82) is 0 Å². The third-order valence-electron chi connectivity index (χ3n) is 2.67. The number of aromatic hydroxyl groups is 1. The summed E-state index contributed by atoms with van der Waals surface area (Å²) in [5.41, 5.74) is 2.77. The zero-order chi connectivity index (χ0) is 16.8. The number of nitrogens with zero attached hydrogens (tertiary/aromatic N) is 1. The van der Waals surface area contributed by atoms with Crippen LogP contribution in [0.4, 0.5) is 5.69 Å². The molecule has 0 aliphatic heterocycles. The summed E-state index contributed by atoms with van der Waals surface area (Å²) in [6.07, 6.45) is 1.18. The Morgan fingerprint density at radius 3 is 2.35 bits per heavy atom. The molecular weight excluding hydrogens is 341 g/mol. The first-order valence-electron chi connectivity index (χ1n) is 6.34. The molecule has 2 amide bonds. The number of hydrogen-bond donors (Lipinski definition) is 3. The summed E-state index contributed by atoms with van der Waals surface area (Å²) in [5, 5.41) is 16.5. The molecule has 6 nitrogen and oxygen atoms in total. The minimum absolute atomic E-state index is 0.0574. The van der Waals surface area contributed by atoms with Gasteiger partial charge in [0.2, 0.25) is 0 Å². The second-order valence-electron chi connectivity index (χ2n) is 4.36. The molecule has 0 spiro atoms. The van der Waals surface area contributed by atoms with E-state index in [0.717, 1.165) is 0 Å². The zero-order valence-corrected chi connectivity index (χ0v) is 13.1. The van der Waals surface area contributed by atoms with Crippen molar-refractivity contribution in [3.63, 3.8) is 0 Å². The van der Waals surface area contributed by atoms with E-state index >= 15 is 0 Å². The molecule has 3 N–H and O–H groups in total. The van der Waals surface area contributed by atoms with Gasteiger partial charge in [0, 0.05) is 21.3 Å². The fourth-order valence-electron chi connectivity index (χ4n) is 1.56. The number of halogens is 2. The molecule has 0 saturated carbocycles. The van der Waals surface area contributed by atoms with Crippen molar-refractivity contribution >= 4 is 46.9 Å². The monoisotopic (exact) mass is 351 g/mol. The molecule has 0 fully saturated rings. The van der Waals surface area contributed by atoms with Gasteiger partial charge in [0.25, 0.3) is 0 Å². The number of benzene rings is 2. The van der Waals surface area contributed by atoms with Crippen molar-refractivity contribution in [3.8, 4) is 5.75 Å². The lowest BCUT2D eigenvalue weighted by atomic mass is 10.2. The first-order chi connectivity index (χ1) is 11.0. The van der Waals surface area contributed by atoms with Crippen LogP contribution < -0.4 is 10.7 Å². The summed E-state index contributed by atoms with van der Waals surface area (Å²) >= 11 is 11.5. The SMILES string of the molecule is O=C(NN=Cc1cc(Cl)ccc1O)C(=O)Nc1ccc(Cl)cc1. The highest BCUT2D eigenvalue weighted by molar-refractivity contribution is 6.39. The number of carbonyl (C=O) groups excluding carboxylic acids is 2. The van der Waals surface area contributed by atoms with Gasteiger partial charge in [-0.3, -0.25) is 9.59 Å². The summed E-state index contributed by atoms with van der Waals surface area (Å²) in [5.74, 6) is -1.91. The maximum atomic E-state index is 11.7. The van der Waals surface area contributed by atoms with E-state index in [0.29, 0.717) is 21.3 Å². The molecule has 8 heteroatoms. The van der Waals surface area contributed by atoms with E-state index in [-0.39, 0.29) is 5.75 Å². The maximum absolute atomic E-state index is 11.7. The van der Waals surface area contributed by atoms with Gasteiger partial charge < -0.3 is 10.4 Å². The Kier molecular flexibility index (Phi) is 5.56. The molecule has 2 rings (SSSR count). The number of phenols is 1. The van der Waals surface area contributed by atoms with Crippen LogP contribution in [0, 0.1) is 0 Å². The summed E-state index contributed by atoms with van der Waals surface area (Å²) in [6.45, 7) is 0. The van der Waals surface area contributed by atoms with Crippen molar-refractivity contribution in [3.05, 3.63) is 58.1 Å². The van der Waals surface area contributed by atoms with Crippen molar-refractivity contribution in [2.45, 2.75) is 0 Å². The van der Waals surface area contributed by atoms with Crippen LogP contribution in [0.5, 0.6) is 5.75 Å². The summed E-state index contributed by atoms with van der Waals surface area (Å²) in [4.78, 5) is 23.3. The van der Waals surface area contributed by atoms with Gasteiger partial charge in [-0.15, -0.1) is 0 Å². The van der Waals surface area contributed by atoms with Crippen LogP contribution in [-0.2, 0) is 9.59 Å². The van der Waals surface area contributed by atoms with Crippen LogP contribution in [0.1, 0.15) is 5.56 Å². The summed E-state index contributed by atoms with van der Waals surface area (Å²) in [7, 11) is 0. The Morgan fingerprint density at radius 1 is 1.00 bits per heavy atom. The van der Waals surface area contributed by atoms with Gasteiger partial charge in [-0.05, 0) is 42.5 Å². The number of anilines is 1. The fourth-order valence-corrected chi connectivity index (χ4v) is 1.87. The maximum Gasteiger partial charge on any atom is 0.329 e. The van der Waals surface area contributed by atoms with E-state index in [1.807, 2.05) is 5.43 Å². The predicted molar refractivity (Wildman–Crippen MR) is 88.9 cm³/mol. The Hall–Kier alpha value is -2.57. The topological polar surface area (TPSA) is 90.8 Å². The van der Waals surface area contributed by atoms with Gasteiger partial charge in [0.1, 0.15) is 5.75 Å². The number of hydrazone groups is 1. The van der Waals surface area contributed by atoms with Gasteiger partial charge in [0.05, 0.1) is 6.21 Å².